The highest BCUT2D eigenvalue weighted by molar-refractivity contribution is 7.10. The monoisotopic (exact) mass is 499 g/mol. The first-order valence-electron chi connectivity index (χ1n) is 11.3. The molecule has 34 heavy (non-hydrogen) atoms. The number of piperidine rings is 1. The number of thiazole rings is 1. The fourth-order valence-electron chi connectivity index (χ4n) is 3.96. The van der Waals surface area contributed by atoms with Gasteiger partial charge in [0, 0.05) is 37.1 Å². The molecule has 0 saturated carbocycles. The van der Waals surface area contributed by atoms with Crippen LogP contribution in [0.5, 0.6) is 0 Å². The number of nitrogens with zero attached hydrogens (tertiary/aromatic N) is 5. The van der Waals surface area contributed by atoms with Crippen molar-refractivity contribution in [2.24, 2.45) is 0 Å². The Morgan fingerprint density at radius 1 is 1.24 bits per heavy atom. The average molecular weight is 500 g/mol. The van der Waals surface area contributed by atoms with E-state index in [0.29, 0.717) is 37.9 Å². The molecule has 2 aliphatic rings. The number of likely N-dealkylation sites (tertiary alicyclic amines) is 1. The zero-order chi connectivity index (χ0) is 24.1. The third kappa shape index (κ3) is 6.26. The van der Waals surface area contributed by atoms with Gasteiger partial charge in [0.2, 0.25) is 5.95 Å². The third-order valence-corrected chi connectivity index (χ3v) is 6.88. The van der Waals surface area contributed by atoms with Gasteiger partial charge in [-0.3, -0.25) is 0 Å². The zero-order valence-electron chi connectivity index (χ0n) is 18.9. The van der Waals surface area contributed by atoms with Crippen molar-refractivity contribution < 1.29 is 22.7 Å². The summed E-state index contributed by atoms with van der Waals surface area (Å²) in [5, 5.41) is 8.52. The summed E-state index contributed by atoms with van der Waals surface area (Å²) in [7, 11) is 2.10. The largest absolute Gasteiger partial charge is 0.449 e. The van der Waals surface area contributed by atoms with E-state index in [1.54, 1.807) is 4.90 Å². The second-order valence-corrected chi connectivity index (χ2v) is 9.35. The van der Waals surface area contributed by atoms with Crippen LogP contribution < -0.4 is 10.6 Å². The van der Waals surface area contributed by atoms with Crippen LogP contribution in [0.2, 0.25) is 0 Å². The van der Waals surface area contributed by atoms with Crippen LogP contribution in [0.25, 0.3) is 0 Å². The highest BCUT2D eigenvalue weighted by Crippen LogP contribution is 2.35. The Morgan fingerprint density at radius 2 is 2.03 bits per heavy atom. The number of hydrogen-bond acceptors (Lipinski definition) is 9. The molecule has 4 heterocycles. The number of nitrogens with one attached hydrogen (secondary N) is 2. The number of amides is 1. The van der Waals surface area contributed by atoms with Crippen molar-refractivity contribution in [2.75, 3.05) is 57.0 Å². The van der Waals surface area contributed by atoms with Crippen LogP contribution >= 0.6 is 11.3 Å². The lowest BCUT2D eigenvalue weighted by Gasteiger charge is -2.27. The van der Waals surface area contributed by atoms with Gasteiger partial charge in [-0.05, 0) is 45.8 Å². The Labute approximate surface area is 199 Å². The van der Waals surface area contributed by atoms with Crippen LogP contribution in [0.1, 0.15) is 42.2 Å². The van der Waals surface area contributed by atoms with Crippen molar-refractivity contribution in [3.63, 3.8) is 0 Å². The Hall–Kier alpha value is -2.67. The first kappa shape index (κ1) is 24.5. The first-order valence-corrected chi connectivity index (χ1v) is 12.2. The van der Waals surface area contributed by atoms with Gasteiger partial charge in [0.1, 0.15) is 17.2 Å². The molecule has 0 radical (unpaired) electrons. The molecule has 2 N–H and O–H groups in total. The molecule has 0 bridgehead atoms. The molecule has 2 aromatic heterocycles. The van der Waals surface area contributed by atoms with Crippen molar-refractivity contribution >= 4 is 35.0 Å². The second-order valence-electron chi connectivity index (χ2n) is 8.46. The van der Waals surface area contributed by atoms with Crippen LogP contribution in [-0.4, -0.2) is 77.2 Å². The van der Waals surface area contributed by atoms with Crippen molar-refractivity contribution in [2.45, 2.75) is 37.8 Å². The predicted octanol–water partition coefficient (Wildman–Crippen LogP) is 4.15. The Kier molecular flexibility index (Phi) is 7.71. The molecule has 0 spiro atoms. The quantitative estimate of drug-likeness (QED) is 0.523. The highest BCUT2D eigenvalue weighted by atomic mass is 32.1. The molecule has 0 unspecified atom stereocenters. The molecule has 2 aliphatic heterocycles. The standard InChI is InChI=1S/C21H28F3N7O2S/c1-30-9-4-14(5-10-30)18-27-16(13-34-18)28-19-26-12-15(21(22,23)24)17(29-19)25-6-2-7-31-8-3-11-33-20(31)32/h12-14H,2-11H2,1H3,(H2,25,26,28,29). The van der Waals surface area contributed by atoms with E-state index in [0.717, 1.165) is 43.6 Å². The second kappa shape index (κ2) is 10.7. The summed E-state index contributed by atoms with van der Waals surface area (Å²) in [6.45, 7) is 3.62. The molecule has 2 aromatic rings. The molecular formula is C21H28F3N7O2S. The summed E-state index contributed by atoms with van der Waals surface area (Å²) < 4.78 is 45.4. The van der Waals surface area contributed by atoms with Gasteiger partial charge < -0.3 is 25.2 Å². The van der Waals surface area contributed by atoms with Gasteiger partial charge in [-0.15, -0.1) is 11.3 Å². The van der Waals surface area contributed by atoms with Gasteiger partial charge in [-0.1, -0.05) is 0 Å². The molecule has 0 atom stereocenters. The maximum absolute atomic E-state index is 13.5. The van der Waals surface area contributed by atoms with E-state index in [2.05, 4.69) is 37.5 Å². The molecule has 0 aromatic carbocycles. The minimum absolute atomic E-state index is 0.0373. The van der Waals surface area contributed by atoms with E-state index in [9.17, 15) is 18.0 Å². The number of ether oxygens (including phenoxy) is 1. The Balaban J connectivity index is 1.38. The maximum Gasteiger partial charge on any atom is 0.421 e. The number of rotatable bonds is 8. The topological polar surface area (TPSA) is 95.5 Å². The van der Waals surface area contributed by atoms with Gasteiger partial charge in [0.15, 0.2) is 0 Å². The predicted molar refractivity (Wildman–Crippen MR) is 123 cm³/mol. The molecule has 4 rings (SSSR count). The third-order valence-electron chi connectivity index (χ3n) is 5.88. The smallest absolute Gasteiger partial charge is 0.421 e. The number of anilines is 3. The summed E-state index contributed by atoms with van der Waals surface area (Å²) in [4.78, 5) is 28.0. The van der Waals surface area contributed by atoms with E-state index in [1.807, 2.05) is 5.38 Å². The van der Waals surface area contributed by atoms with Crippen LogP contribution in [0.3, 0.4) is 0 Å². The highest BCUT2D eigenvalue weighted by Gasteiger charge is 2.35. The maximum atomic E-state index is 13.5. The molecule has 1 amide bonds. The normalized spacial score (nSPS) is 18.1. The van der Waals surface area contributed by atoms with Crippen LogP contribution in [0.15, 0.2) is 11.6 Å². The van der Waals surface area contributed by atoms with Gasteiger partial charge >= 0.3 is 12.3 Å². The lowest BCUT2D eigenvalue weighted by molar-refractivity contribution is -0.137. The molecule has 186 valence electrons. The zero-order valence-corrected chi connectivity index (χ0v) is 19.7. The lowest BCUT2D eigenvalue weighted by atomic mass is 9.98. The van der Waals surface area contributed by atoms with Gasteiger partial charge in [-0.25, -0.2) is 14.8 Å². The van der Waals surface area contributed by atoms with Crippen molar-refractivity contribution in [3.8, 4) is 0 Å². The summed E-state index contributed by atoms with van der Waals surface area (Å²) >= 11 is 1.53. The number of cyclic esters (lactones) is 1. The van der Waals surface area contributed by atoms with Crippen LogP contribution in [-0.2, 0) is 10.9 Å². The van der Waals surface area contributed by atoms with E-state index in [-0.39, 0.29) is 18.3 Å². The number of alkyl halides is 3. The van der Waals surface area contributed by atoms with E-state index >= 15 is 0 Å². The molecule has 2 fully saturated rings. The van der Waals surface area contributed by atoms with Crippen molar-refractivity contribution in [3.05, 3.63) is 22.1 Å². The van der Waals surface area contributed by atoms with Crippen LogP contribution in [0, 0.1) is 0 Å². The molecule has 2 saturated heterocycles. The van der Waals surface area contributed by atoms with E-state index in [4.69, 9.17) is 4.74 Å². The van der Waals surface area contributed by atoms with E-state index < -0.39 is 17.8 Å². The average Bonchev–Trinajstić information content (AvgIpc) is 3.26. The van der Waals surface area contributed by atoms with Crippen LogP contribution in [0.4, 0.5) is 35.5 Å². The number of carbonyl (C=O) groups excluding carboxylic acids is 1. The summed E-state index contributed by atoms with van der Waals surface area (Å²) in [5.74, 6) is 0.639. The number of carbonyl (C=O) groups is 1. The lowest BCUT2D eigenvalue weighted by Crippen LogP contribution is -2.38. The number of aromatic nitrogens is 3. The van der Waals surface area contributed by atoms with Crippen molar-refractivity contribution in [1.29, 1.82) is 0 Å². The molecule has 0 aliphatic carbocycles. The van der Waals surface area contributed by atoms with E-state index in [1.165, 1.54) is 11.3 Å². The van der Waals surface area contributed by atoms with Crippen molar-refractivity contribution in [1.82, 2.24) is 24.8 Å². The Morgan fingerprint density at radius 3 is 2.76 bits per heavy atom. The minimum atomic E-state index is -4.60. The Bertz CT molecular complexity index is 980. The summed E-state index contributed by atoms with van der Waals surface area (Å²) in [6.07, 6.45) is -0.964. The fraction of sp³-hybridized carbons (Fsp3) is 0.619. The minimum Gasteiger partial charge on any atom is -0.449 e. The first-order chi connectivity index (χ1) is 16.3. The number of hydrogen-bond donors (Lipinski definition) is 2. The molecule has 13 heteroatoms. The van der Waals surface area contributed by atoms with Gasteiger partial charge in [0.25, 0.3) is 0 Å². The van der Waals surface area contributed by atoms with Gasteiger partial charge in [0.05, 0.1) is 11.6 Å². The summed E-state index contributed by atoms with van der Waals surface area (Å²) in [6, 6.07) is 0. The van der Waals surface area contributed by atoms with Gasteiger partial charge in [-0.2, -0.15) is 18.2 Å². The fourth-order valence-corrected chi connectivity index (χ4v) is 4.89. The molecular weight excluding hydrogens is 471 g/mol. The summed E-state index contributed by atoms with van der Waals surface area (Å²) in [5.41, 5.74) is -0.944. The molecule has 9 nitrogen and oxygen atoms in total. The SMILES string of the molecule is CN1CCC(c2nc(Nc3ncc(C(F)(F)F)c(NCCCN4CCCOC4=O)n3)cs2)CC1. The number of halogens is 3.